The van der Waals surface area contributed by atoms with Crippen molar-refractivity contribution in [3.63, 3.8) is 0 Å². The minimum absolute atomic E-state index is 0.310. The van der Waals surface area contributed by atoms with Crippen LogP contribution in [0.5, 0.6) is 0 Å². The first-order valence-electron chi connectivity index (χ1n) is 26.1. The number of halogens is 2. The lowest BCUT2D eigenvalue weighted by Gasteiger charge is -2.30. The molecule has 0 heterocycles. The summed E-state index contributed by atoms with van der Waals surface area (Å²) >= 11 is 0. The fourth-order valence-electron chi connectivity index (χ4n) is 9.66. The molecule has 9 aromatic carbocycles. The molecule has 0 spiro atoms. The summed E-state index contributed by atoms with van der Waals surface area (Å²) in [5, 5.41) is 8.43. The van der Waals surface area contributed by atoms with Gasteiger partial charge in [-0.25, -0.2) is 8.78 Å². The number of hydrogen-bond acceptors (Lipinski definition) is 2. The molecule has 0 fully saturated rings. The number of nitrogens with one attached hydrogen (secondary N) is 1. The Morgan fingerprint density at radius 1 is 0.608 bits per heavy atom. The van der Waals surface area contributed by atoms with Crippen LogP contribution in [0.15, 0.2) is 241 Å². The molecule has 0 unspecified atom stereocenters. The quantitative estimate of drug-likeness (QED) is 0.116. The van der Waals surface area contributed by atoms with Crippen molar-refractivity contribution in [2.75, 3.05) is 11.4 Å². The zero-order valence-corrected chi connectivity index (χ0v) is 43.8. The summed E-state index contributed by atoms with van der Waals surface area (Å²) in [4.78, 5) is 2.04. The molecular weight excluding hydrogens is 907 g/mol. The minimum atomic E-state index is -0.399. The van der Waals surface area contributed by atoms with Crippen LogP contribution in [0.1, 0.15) is 71.1 Å². The number of anilines is 2. The third-order valence-electron chi connectivity index (χ3n) is 13.3. The van der Waals surface area contributed by atoms with E-state index in [0.29, 0.717) is 17.8 Å². The smallest absolute Gasteiger partial charge is 0.147 e. The third kappa shape index (κ3) is 11.6. The van der Waals surface area contributed by atoms with Crippen molar-refractivity contribution in [3.05, 3.63) is 269 Å². The molecule has 0 amide bonds. The van der Waals surface area contributed by atoms with Crippen molar-refractivity contribution in [2.45, 2.75) is 61.3 Å². The van der Waals surface area contributed by atoms with Gasteiger partial charge in [-0.05, 0) is 148 Å². The van der Waals surface area contributed by atoms with E-state index in [-0.39, 0.29) is 5.82 Å². The minimum Gasteiger partial charge on any atom is -0.385 e. The lowest BCUT2D eigenvalue weighted by Crippen LogP contribution is -2.19. The van der Waals surface area contributed by atoms with Gasteiger partial charge in [-0.3, -0.25) is 0 Å². The summed E-state index contributed by atoms with van der Waals surface area (Å²) in [6.07, 6.45) is 14.1. The highest BCUT2D eigenvalue weighted by molar-refractivity contribution is 6.20. The molecule has 74 heavy (non-hydrogen) atoms. The first kappa shape index (κ1) is 52.0. The number of nitrogens with zero attached hydrogens (tertiary/aromatic N) is 1. The summed E-state index contributed by atoms with van der Waals surface area (Å²) in [5.41, 5.74) is 12.9. The maximum absolute atomic E-state index is 17.9. The molecule has 370 valence electrons. The van der Waals surface area contributed by atoms with Gasteiger partial charge in [0.25, 0.3) is 0 Å². The van der Waals surface area contributed by atoms with E-state index < -0.39 is 5.83 Å². The molecule has 2 nitrogen and oxygen atoms in total. The van der Waals surface area contributed by atoms with E-state index in [4.69, 9.17) is 0 Å². The van der Waals surface area contributed by atoms with Gasteiger partial charge in [-0.15, -0.1) is 0 Å². The van der Waals surface area contributed by atoms with Gasteiger partial charge in [-0.2, -0.15) is 0 Å². The van der Waals surface area contributed by atoms with Gasteiger partial charge < -0.3 is 10.2 Å². The molecule has 0 radical (unpaired) electrons. The molecule has 1 N–H and O–H groups in total. The standard InChI is InChI=1S/C66H54F2N2.2C2H6/c1-4-48(49-19-11-6-12-20-49)43-60(67)63(41-47-17-9-5-10-18-47)70(56-34-27-46(3)28-35-56)62-38-31-52-30-37-58(65-53(29-36-57(62)64(52)65)39-40-69-55-32-25-45(2)26-33-55)66-59(51-23-15-8-16-24-51)42-54(44-61(66)68)50-21-13-7-14-22-50;2*1-2/h4-25,27-32,34-39,41-44,69H,26,33,40H2,1-3H3;2*1-2H3/b48-4+,53-39-,60-43+,63-41?;;. The summed E-state index contributed by atoms with van der Waals surface area (Å²) in [5.74, 6) is -0.709. The molecule has 9 aromatic rings. The maximum atomic E-state index is 17.9. The highest BCUT2D eigenvalue weighted by Gasteiger charge is 2.25. The fraction of sp³-hybridized carbons (Fsp3) is 0.143. The van der Waals surface area contributed by atoms with Crippen LogP contribution >= 0.6 is 0 Å². The average Bonchev–Trinajstić information content (AvgIpc) is 3.46. The van der Waals surface area contributed by atoms with Crippen LogP contribution in [-0.2, 0) is 0 Å². The van der Waals surface area contributed by atoms with Crippen LogP contribution in [0, 0.1) is 12.7 Å². The molecule has 10 rings (SSSR count). The van der Waals surface area contributed by atoms with Crippen molar-refractivity contribution < 1.29 is 8.78 Å². The van der Waals surface area contributed by atoms with Crippen LogP contribution < -0.4 is 15.4 Å². The van der Waals surface area contributed by atoms with Crippen LogP contribution in [0.2, 0.25) is 0 Å². The molecule has 0 atom stereocenters. The number of aryl methyl sites for hydroxylation is 1. The van der Waals surface area contributed by atoms with Crippen molar-refractivity contribution in [3.8, 4) is 33.4 Å². The molecule has 0 saturated carbocycles. The predicted molar refractivity (Wildman–Crippen MR) is 316 cm³/mol. The van der Waals surface area contributed by atoms with Crippen LogP contribution in [0.3, 0.4) is 0 Å². The second-order valence-electron chi connectivity index (χ2n) is 18.0. The summed E-state index contributed by atoms with van der Waals surface area (Å²) in [6, 6.07) is 64.6. The summed E-state index contributed by atoms with van der Waals surface area (Å²) < 4.78 is 35.6. The lowest BCUT2D eigenvalue weighted by atomic mass is 9.86. The molecule has 0 saturated heterocycles. The Morgan fingerprint density at radius 2 is 1.24 bits per heavy atom. The normalized spacial score (nSPS) is 13.1. The molecular formula is C70H66F2N2. The summed E-state index contributed by atoms with van der Waals surface area (Å²) in [6.45, 7) is 14.7. The largest absolute Gasteiger partial charge is 0.385 e. The predicted octanol–water partition coefficient (Wildman–Crippen LogP) is 19.3. The van der Waals surface area contributed by atoms with Crippen LogP contribution in [-0.4, -0.2) is 6.54 Å². The van der Waals surface area contributed by atoms with Crippen molar-refractivity contribution in [1.29, 1.82) is 0 Å². The zero-order chi connectivity index (χ0) is 52.0. The molecule has 4 heteroatoms. The van der Waals surface area contributed by atoms with Crippen LogP contribution in [0.4, 0.5) is 20.2 Å². The Morgan fingerprint density at radius 3 is 1.89 bits per heavy atom. The van der Waals surface area contributed by atoms with Crippen molar-refractivity contribution >= 4 is 50.6 Å². The number of allylic oxidation sites excluding steroid dienone is 8. The van der Waals surface area contributed by atoms with E-state index >= 15 is 8.78 Å². The van der Waals surface area contributed by atoms with E-state index in [1.807, 2.05) is 161 Å². The highest BCUT2D eigenvalue weighted by atomic mass is 19.1. The Hall–Kier alpha value is -8.34. The number of rotatable bonds is 13. The molecule has 0 aromatic heterocycles. The summed E-state index contributed by atoms with van der Waals surface area (Å²) in [7, 11) is 0. The van der Waals surface area contributed by atoms with Gasteiger partial charge in [0.2, 0.25) is 0 Å². The van der Waals surface area contributed by atoms with E-state index in [1.54, 1.807) is 12.1 Å². The Kier molecular flexibility index (Phi) is 17.5. The van der Waals surface area contributed by atoms with Crippen molar-refractivity contribution in [2.24, 2.45) is 0 Å². The first-order valence-corrected chi connectivity index (χ1v) is 26.1. The van der Waals surface area contributed by atoms with Gasteiger partial charge in [0.1, 0.15) is 11.6 Å². The van der Waals surface area contributed by atoms with E-state index in [1.165, 1.54) is 11.3 Å². The van der Waals surface area contributed by atoms with Gasteiger partial charge in [0.05, 0.1) is 11.4 Å². The van der Waals surface area contributed by atoms with E-state index in [2.05, 4.69) is 116 Å². The number of hydrogen-bond donors (Lipinski definition) is 1. The van der Waals surface area contributed by atoms with E-state index in [0.717, 1.165) is 101 Å². The third-order valence-corrected chi connectivity index (χ3v) is 13.3. The monoisotopic (exact) mass is 973 g/mol. The molecule has 0 aliphatic heterocycles. The van der Waals surface area contributed by atoms with Crippen LogP contribution in [0.25, 0.3) is 72.7 Å². The van der Waals surface area contributed by atoms with E-state index in [9.17, 15) is 0 Å². The van der Waals surface area contributed by atoms with Gasteiger partial charge in [0.15, 0.2) is 0 Å². The Balaban J connectivity index is 0.00000178. The first-order chi connectivity index (χ1) is 36.3. The molecule has 1 aliphatic carbocycles. The number of benzene rings is 9. The van der Waals surface area contributed by atoms with Crippen molar-refractivity contribution in [1.82, 2.24) is 5.32 Å². The van der Waals surface area contributed by atoms with Gasteiger partial charge in [-0.1, -0.05) is 221 Å². The highest BCUT2D eigenvalue weighted by Crippen LogP contribution is 2.46. The van der Waals surface area contributed by atoms with Gasteiger partial charge in [0, 0.05) is 28.9 Å². The zero-order valence-electron chi connectivity index (χ0n) is 43.8. The molecule has 0 bridgehead atoms. The topological polar surface area (TPSA) is 15.3 Å². The maximum Gasteiger partial charge on any atom is 0.147 e. The second-order valence-corrected chi connectivity index (χ2v) is 18.0. The SMILES string of the molecule is C/C=C(\C=C(\F)C(=Cc1ccccc1)N(c1ccc(C)cc1)c1ccc2ccc(-c3c(F)cc(-c4ccccc4)cc3-c3ccccc3)c3/c(=C\CNC4=CC=C(C)CC4)ccc1c23)c1ccccc1.CC.CC. The van der Waals surface area contributed by atoms with Gasteiger partial charge >= 0.3 is 0 Å². The fourth-order valence-corrected chi connectivity index (χ4v) is 9.66. The lowest BCUT2D eigenvalue weighted by molar-refractivity contribution is 0.632. The average molecular weight is 973 g/mol. The second kappa shape index (κ2) is 24.9. The molecule has 1 aliphatic rings. The Bertz CT molecular complexity index is 3550. The Labute approximate surface area is 437 Å².